The van der Waals surface area contributed by atoms with E-state index in [9.17, 15) is 4.79 Å². The number of carbonyl (C=O) groups excluding carboxylic acids is 1. The average Bonchev–Trinajstić information content (AvgIpc) is 2.78. The summed E-state index contributed by atoms with van der Waals surface area (Å²) < 4.78 is 1.89. The first-order valence-corrected chi connectivity index (χ1v) is 7.97. The van der Waals surface area contributed by atoms with Gasteiger partial charge in [-0.25, -0.2) is 0 Å². The molecule has 0 aliphatic rings. The van der Waals surface area contributed by atoms with Gasteiger partial charge >= 0.3 is 0 Å². The molecule has 1 aromatic heterocycles. The van der Waals surface area contributed by atoms with Gasteiger partial charge in [0, 0.05) is 18.7 Å². The van der Waals surface area contributed by atoms with Crippen LogP contribution in [0.1, 0.15) is 40.7 Å². The molecule has 0 saturated heterocycles. The Morgan fingerprint density at radius 3 is 2.50 bits per heavy atom. The van der Waals surface area contributed by atoms with Crippen molar-refractivity contribution in [1.82, 2.24) is 15.1 Å². The number of hydrogen-bond donors (Lipinski definition) is 1. The summed E-state index contributed by atoms with van der Waals surface area (Å²) in [6, 6.07) is 7.73. The van der Waals surface area contributed by atoms with E-state index in [0.717, 1.165) is 35.8 Å². The lowest BCUT2D eigenvalue weighted by atomic mass is 10.1. The van der Waals surface area contributed by atoms with Crippen molar-refractivity contribution in [3.05, 3.63) is 51.8 Å². The largest absolute Gasteiger partial charge is 0.352 e. The number of aromatic nitrogens is 2. The molecule has 0 radical (unpaired) electrons. The molecule has 0 unspecified atom stereocenters. The van der Waals surface area contributed by atoms with Crippen LogP contribution in [-0.2, 0) is 13.0 Å². The molecule has 1 N–H and O–H groups in total. The summed E-state index contributed by atoms with van der Waals surface area (Å²) >= 11 is 6.11. The Balaban J connectivity index is 1.80. The van der Waals surface area contributed by atoms with Crippen molar-refractivity contribution in [1.29, 1.82) is 0 Å². The van der Waals surface area contributed by atoms with Gasteiger partial charge in [-0.3, -0.25) is 9.48 Å². The van der Waals surface area contributed by atoms with Crippen LogP contribution in [0.2, 0.25) is 5.02 Å². The molecule has 22 heavy (non-hydrogen) atoms. The fourth-order valence-electron chi connectivity index (χ4n) is 2.32. The van der Waals surface area contributed by atoms with Crippen molar-refractivity contribution < 1.29 is 4.79 Å². The molecule has 0 atom stereocenters. The zero-order valence-corrected chi connectivity index (χ0v) is 14.1. The van der Waals surface area contributed by atoms with Crippen LogP contribution in [0.25, 0.3) is 0 Å². The summed E-state index contributed by atoms with van der Waals surface area (Å²) in [5, 5.41) is 8.03. The first-order valence-electron chi connectivity index (χ1n) is 7.59. The van der Waals surface area contributed by atoms with Crippen LogP contribution < -0.4 is 5.32 Å². The number of nitrogens with zero attached hydrogens (tertiary/aromatic N) is 2. The van der Waals surface area contributed by atoms with Gasteiger partial charge < -0.3 is 5.32 Å². The normalized spacial score (nSPS) is 10.7. The van der Waals surface area contributed by atoms with Crippen molar-refractivity contribution in [2.75, 3.05) is 6.54 Å². The molecule has 0 fully saturated rings. The third-order valence-electron chi connectivity index (χ3n) is 3.75. The van der Waals surface area contributed by atoms with Crippen LogP contribution in [0.15, 0.2) is 24.3 Å². The smallest absolute Gasteiger partial charge is 0.251 e. The third-order valence-corrected chi connectivity index (χ3v) is 4.30. The van der Waals surface area contributed by atoms with Crippen LogP contribution >= 0.6 is 11.6 Å². The second-order valence-electron chi connectivity index (χ2n) is 5.37. The molecular formula is C17H22ClN3O. The SMILES string of the molecule is CCc1ccc(C(=O)NCCCn2nc(C)c(Cl)c2C)cc1. The monoisotopic (exact) mass is 319 g/mol. The van der Waals surface area contributed by atoms with Crippen LogP contribution in [0.5, 0.6) is 0 Å². The van der Waals surface area contributed by atoms with E-state index in [-0.39, 0.29) is 5.91 Å². The second-order valence-corrected chi connectivity index (χ2v) is 5.75. The topological polar surface area (TPSA) is 46.9 Å². The highest BCUT2D eigenvalue weighted by Gasteiger charge is 2.09. The lowest BCUT2D eigenvalue weighted by molar-refractivity contribution is 0.0952. The Hall–Kier alpha value is -1.81. The van der Waals surface area contributed by atoms with E-state index in [2.05, 4.69) is 17.3 Å². The number of amides is 1. The minimum atomic E-state index is -0.0333. The van der Waals surface area contributed by atoms with Crippen molar-refractivity contribution >= 4 is 17.5 Å². The minimum Gasteiger partial charge on any atom is -0.352 e. The van der Waals surface area contributed by atoms with Gasteiger partial charge in [0.2, 0.25) is 0 Å². The molecule has 0 aliphatic carbocycles. The number of nitrogens with one attached hydrogen (secondary N) is 1. The number of rotatable bonds is 6. The average molecular weight is 320 g/mol. The first kappa shape index (κ1) is 16.6. The van der Waals surface area contributed by atoms with Gasteiger partial charge in [-0.1, -0.05) is 30.7 Å². The summed E-state index contributed by atoms with van der Waals surface area (Å²) in [5.74, 6) is -0.0333. The molecule has 5 heteroatoms. The Morgan fingerprint density at radius 2 is 1.95 bits per heavy atom. The molecule has 0 bridgehead atoms. The van der Waals surface area contributed by atoms with Crippen molar-refractivity contribution in [2.45, 2.75) is 40.2 Å². The summed E-state index contributed by atoms with van der Waals surface area (Å²) in [6.07, 6.45) is 1.80. The summed E-state index contributed by atoms with van der Waals surface area (Å²) in [7, 11) is 0. The van der Waals surface area contributed by atoms with Crippen molar-refractivity contribution in [3.63, 3.8) is 0 Å². The van der Waals surface area contributed by atoms with Gasteiger partial charge in [0.1, 0.15) is 0 Å². The zero-order valence-electron chi connectivity index (χ0n) is 13.3. The van der Waals surface area contributed by atoms with E-state index in [4.69, 9.17) is 11.6 Å². The number of aryl methyl sites for hydroxylation is 3. The molecule has 2 aromatic rings. The third kappa shape index (κ3) is 3.89. The predicted molar refractivity (Wildman–Crippen MR) is 89.5 cm³/mol. The second kappa shape index (κ2) is 7.45. The molecule has 0 aliphatic heterocycles. The van der Waals surface area contributed by atoms with E-state index >= 15 is 0 Å². The highest BCUT2D eigenvalue weighted by Crippen LogP contribution is 2.18. The molecule has 1 amide bonds. The van der Waals surface area contributed by atoms with E-state index in [1.54, 1.807) is 0 Å². The lowest BCUT2D eigenvalue weighted by Gasteiger charge is -2.07. The summed E-state index contributed by atoms with van der Waals surface area (Å²) in [6.45, 7) is 7.31. The molecule has 0 spiro atoms. The standard InChI is InChI=1S/C17H22ClN3O/c1-4-14-6-8-15(9-7-14)17(22)19-10-5-11-21-13(3)16(18)12(2)20-21/h6-9H,4-5,10-11H2,1-3H3,(H,19,22). The highest BCUT2D eigenvalue weighted by atomic mass is 35.5. The van der Waals surface area contributed by atoms with Crippen LogP contribution in [-0.4, -0.2) is 22.2 Å². The van der Waals surface area contributed by atoms with E-state index in [1.807, 2.05) is 42.8 Å². The molecule has 4 nitrogen and oxygen atoms in total. The van der Waals surface area contributed by atoms with Crippen molar-refractivity contribution in [2.24, 2.45) is 0 Å². The quantitative estimate of drug-likeness (QED) is 0.828. The molecule has 118 valence electrons. The molecule has 1 heterocycles. The van der Waals surface area contributed by atoms with Gasteiger partial charge in [0.25, 0.3) is 5.91 Å². The van der Waals surface area contributed by atoms with Crippen LogP contribution in [0, 0.1) is 13.8 Å². The maximum absolute atomic E-state index is 12.0. The fraction of sp³-hybridized carbons (Fsp3) is 0.412. The Morgan fingerprint density at radius 1 is 1.27 bits per heavy atom. The fourth-order valence-corrected chi connectivity index (χ4v) is 2.45. The Kier molecular flexibility index (Phi) is 5.61. The number of benzene rings is 1. The maximum atomic E-state index is 12.0. The van der Waals surface area contributed by atoms with Crippen LogP contribution in [0.3, 0.4) is 0 Å². The highest BCUT2D eigenvalue weighted by molar-refractivity contribution is 6.31. The molecule has 1 aromatic carbocycles. The van der Waals surface area contributed by atoms with E-state index in [1.165, 1.54) is 5.56 Å². The lowest BCUT2D eigenvalue weighted by Crippen LogP contribution is -2.25. The maximum Gasteiger partial charge on any atom is 0.251 e. The Bertz CT molecular complexity index is 647. The number of hydrogen-bond acceptors (Lipinski definition) is 2. The van der Waals surface area contributed by atoms with Gasteiger partial charge in [0.05, 0.1) is 16.4 Å². The predicted octanol–water partition coefficient (Wildman–Crippen LogP) is 3.54. The first-order chi connectivity index (χ1) is 10.5. The molecule has 2 rings (SSSR count). The van der Waals surface area contributed by atoms with Crippen molar-refractivity contribution in [3.8, 4) is 0 Å². The molecule has 0 saturated carbocycles. The Labute approximate surface area is 136 Å². The van der Waals surface area contributed by atoms with Gasteiger partial charge in [-0.15, -0.1) is 0 Å². The summed E-state index contributed by atoms with van der Waals surface area (Å²) in [4.78, 5) is 12.0. The van der Waals surface area contributed by atoms with Crippen LogP contribution in [0.4, 0.5) is 0 Å². The zero-order chi connectivity index (χ0) is 16.1. The van der Waals surface area contributed by atoms with Gasteiger partial charge in [-0.2, -0.15) is 5.10 Å². The van der Waals surface area contributed by atoms with E-state index < -0.39 is 0 Å². The number of carbonyl (C=O) groups is 1. The minimum absolute atomic E-state index is 0.0333. The van der Waals surface area contributed by atoms with Gasteiger partial charge in [-0.05, 0) is 44.4 Å². The van der Waals surface area contributed by atoms with E-state index in [0.29, 0.717) is 12.1 Å². The van der Waals surface area contributed by atoms with Gasteiger partial charge in [0.15, 0.2) is 0 Å². The molecular weight excluding hydrogens is 298 g/mol. The summed E-state index contributed by atoms with van der Waals surface area (Å²) in [5.41, 5.74) is 3.75. The number of halogens is 1.